The molecule has 3 unspecified atom stereocenters. The Hall–Kier alpha value is -0.420. The molecule has 2 aliphatic heterocycles. The molecule has 2 fully saturated rings. The third-order valence-electron chi connectivity index (χ3n) is 4.85. The van der Waals surface area contributed by atoms with Crippen LogP contribution in [0.2, 0.25) is 0 Å². The fourth-order valence-corrected chi connectivity index (χ4v) is 3.86. The van der Waals surface area contributed by atoms with E-state index in [1.54, 1.807) is 0 Å². The van der Waals surface area contributed by atoms with E-state index in [2.05, 4.69) is 41.1 Å². The standard InChI is InChI=1S/C16H22BrNO2/c1-15(18,12-3-2-4-14(17)9-12)13-5-7-20-16(10-13)6-8-19-11-16/h2-4,9,13H,5-8,10-11,18H2,1H3. The number of halogens is 1. The van der Waals surface area contributed by atoms with Crippen molar-refractivity contribution < 1.29 is 9.47 Å². The highest BCUT2D eigenvalue weighted by atomic mass is 79.9. The summed E-state index contributed by atoms with van der Waals surface area (Å²) in [7, 11) is 0. The SMILES string of the molecule is CC(N)(c1cccc(Br)c1)C1CCOC2(CCOC2)C1. The van der Waals surface area contributed by atoms with Gasteiger partial charge in [-0.15, -0.1) is 0 Å². The molecule has 0 saturated carbocycles. The lowest BCUT2D eigenvalue weighted by molar-refractivity contribution is -0.109. The smallest absolute Gasteiger partial charge is 0.0940 e. The van der Waals surface area contributed by atoms with Crippen LogP contribution in [0.1, 0.15) is 31.7 Å². The Bertz CT molecular complexity index is 483. The molecular weight excluding hydrogens is 318 g/mol. The quantitative estimate of drug-likeness (QED) is 0.899. The molecule has 3 rings (SSSR count). The van der Waals surface area contributed by atoms with Gasteiger partial charge in [0.05, 0.1) is 12.2 Å². The molecule has 110 valence electrons. The maximum absolute atomic E-state index is 6.72. The lowest BCUT2D eigenvalue weighted by Crippen LogP contribution is -2.50. The Kier molecular flexibility index (Phi) is 3.93. The first-order valence-corrected chi connectivity index (χ1v) is 8.08. The minimum atomic E-state index is -0.330. The largest absolute Gasteiger partial charge is 0.378 e. The summed E-state index contributed by atoms with van der Waals surface area (Å²) >= 11 is 3.54. The zero-order chi connectivity index (χ0) is 14.2. The van der Waals surface area contributed by atoms with Crippen LogP contribution in [0.15, 0.2) is 28.7 Å². The van der Waals surface area contributed by atoms with E-state index in [0.717, 1.165) is 43.6 Å². The maximum Gasteiger partial charge on any atom is 0.0940 e. The molecule has 0 radical (unpaired) electrons. The summed E-state index contributed by atoms with van der Waals surface area (Å²) in [5, 5.41) is 0. The van der Waals surface area contributed by atoms with Crippen LogP contribution in [-0.4, -0.2) is 25.4 Å². The van der Waals surface area contributed by atoms with Crippen molar-refractivity contribution in [1.82, 2.24) is 0 Å². The molecule has 2 N–H and O–H groups in total. The first kappa shape index (κ1) is 14.5. The number of hydrogen-bond acceptors (Lipinski definition) is 3. The molecule has 1 aromatic carbocycles. The summed E-state index contributed by atoms with van der Waals surface area (Å²) in [6.07, 6.45) is 3.01. The van der Waals surface area contributed by atoms with Crippen molar-refractivity contribution in [3.05, 3.63) is 34.3 Å². The van der Waals surface area contributed by atoms with E-state index in [0.29, 0.717) is 5.92 Å². The Morgan fingerprint density at radius 1 is 1.40 bits per heavy atom. The van der Waals surface area contributed by atoms with Crippen molar-refractivity contribution in [1.29, 1.82) is 0 Å². The monoisotopic (exact) mass is 339 g/mol. The van der Waals surface area contributed by atoms with Gasteiger partial charge in [-0.05, 0) is 43.4 Å². The zero-order valence-corrected chi connectivity index (χ0v) is 13.5. The van der Waals surface area contributed by atoms with E-state index in [9.17, 15) is 0 Å². The molecule has 1 spiro atoms. The first-order chi connectivity index (χ1) is 9.52. The van der Waals surface area contributed by atoms with Gasteiger partial charge in [0.25, 0.3) is 0 Å². The molecule has 4 heteroatoms. The van der Waals surface area contributed by atoms with Gasteiger partial charge in [0.15, 0.2) is 0 Å². The van der Waals surface area contributed by atoms with Crippen molar-refractivity contribution in [2.24, 2.45) is 11.7 Å². The minimum Gasteiger partial charge on any atom is -0.378 e. The van der Waals surface area contributed by atoms with Gasteiger partial charge in [-0.2, -0.15) is 0 Å². The van der Waals surface area contributed by atoms with Crippen LogP contribution in [0.4, 0.5) is 0 Å². The summed E-state index contributed by atoms with van der Waals surface area (Å²) in [6.45, 7) is 4.46. The molecule has 3 nitrogen and oxygen atoms in total. The van der Waals surface area contributed by atoms with Crippen molar-refractivity contribution in [2.75, 3.05) is 19.8 Å². The van der Waals surface area contributed by atoms with Crippen LogP contribution in [-0.2, 0) is 15.0 Å². The van der Waals surface area contributed by atoms with E-state index >= 15 is 0 Å². The van der Waals surface area contributed by atoms with Crippen LogP contribution in [0.3, 0.4) is 0 Å². The van der Waals surface area contributed by atoms with E-state index in [4.69, 9.17) is 15.2 Å². The fourth-order valence-electron chi connectivity index (χ4n) is 3.46. The Morgan fingerprint density at radius 2 is 2.25 bits per heavy atom. The maximum atomic E-state index is 6.72. The molecular formula is C16H22BrNO2. The molecule has 0 amide bonds. The summed E-state index contributed by atoms with van der Waals surface area (Å²) in [5.74, 6) is 0.423. The first-order valence-electron chi connectivity index (χ1n) is 7.29. The van der Waals surface area contributed by atoms with E-state index in [-0.39, 0.29) is 11.1 Å². The topological polar surface area (TPSA) is 44.5 Å². The van der Waals surface area contributed by atoms with Gasteiger partial charge in [-0.1, -0.05) is 28.1 Å². The van der Waals surface area contributed by atoms with Crippen LogP contribution in [0.25, 0.3) is 0 Å². The van der Waals surface area contributed by atoms with Crippen LogP contribution in [0.5, 0.6) is 0 Å². The summed E-state index contributed by atoms with van der Waals surface area (Å²) in [6, 6.07) is 8.35. The number of ether oxygens (including phenoxy) is 2. The Labute approximate surface area is 129 Å². The Morgan fingerprint density at radius 3 is 2.95 bits per heavy atom. The second-order valence-electron chi connectivity index (χ2n) is 6.32. The van der Waals surface area contributed by atoms with E-state index in [1.165, 1.54) is 5.56 Å². The molecule has 2 heterocycles. The summed E-state index contributed by atoms with van der Waals surface area (Å²) in [4.78, 5) is 0. The molecule has 1 aromatic rings. The average Bonchev–Trinajstić information content (AvgIpc) is 2.87. The molecule has 3 atom stereocenters. The van der Waals surface area contributed by atoms with Crippen molar-refractivity contribution in [3.8, 4) is 0 Å². The van der Waals surface area contributed by atoms with Gasteiger partial charge in [0, 0.05) is 29.6 Å². The second-order valence-corrected chi connectivity index (χ2v) is 7.23. The fraction of sp³-hybridized carbons (Fsp3) is 0.625. The van der Waals surface area contributed by atoms with Gasteiger partial charge < -0.3 is 15.2 Å². The number of nitrogens with two attached hydrogens (primary N) is 1. The van der Waals surface area contributed by atoms with E-state index < -0.39 is 0 Å². The number of hydrogen-bond donors (Lipinski definition) is 1. The highest BCUT2D eigenvalue weighted by molar-refractivity contribution is 9.10. The third-order valence-corrected chi connectivity index (χ3v) is 5.35. The Balaban J connectivity index is 1.83. The summed E-state index contributed by atoms with van der Waals surface area (Å²) in [5.41, 5.74) is 7.49. The number of benzene rings is 1. The van der Waals surface area contributed by atoms with Crippen LogP contribution < -0.4 is 5.73 Å². The molecule has 2 saturated heterocycles. The van der Waals surface area contributed by atoms with Gasteiger partial charge in [-0.3, -0.25) is 0 Å². The van der Waals surface area contributed by atoms with Gasteiger partial charge in [-0.25, -0.2) is 0 Å². The predicted octanol–water partition coefficient (Wildman–Crippen LogP) is 3.21. The molecule has 0 aliphatic carbocycles. The minimum absolute atomic E-state index is 0.0877. The van der Waals surface area contributed by atoms with Crippen LogP contribution >= 0.6 is 15.9 Å². The molecule has 0 bridgehead atoms. The lowest BCUT2D eigenvalue weighted by Gasteiger charge is -2.44. The van der Waals surface area contributed by atoms with Crippen molar-refractivity contribution in [3.63, 3.8) is 0 Å². The molecule has 2 aliphatic rings. The third kappa shape index (κ3) is 2.67. The predicted molar refractivity (Wildman–Crippen MR) is 82.5 cm³/mol. The van der Waals surface area contributed by atoms with E-state index in [1.807, 2.05) is 6.07 Å². The molecule has 0 aromatic heterocycles. The van der Waals surface area contributed by atoms with Gasteiger partial charge in [0.1, 0.15) is 0 Å². The van der Waals surface area contributed by atoms with Gasteiger partial charge in [0.2, 0.25) is 0 Å². The zero-order valence-electron chi connectivity index (χ0n) is 11.9. The average molecular weight is 340 g/mol. The summed E-state index contributed by atoms with van der Waals surface area (Å²) < 4.78 is 12.7. The molecule has 20 heavy (non-hydrogen) atoms. The van der Waals surface area contributed by atoms with Crippen molar-refractivity contribution in [2.45, 2.75) is 37.3 Å². The normalized spacial score (nSPS) is 33.2. The highest BCUT2D eigenvalue weighted by Gasteiger charge is 2.45. The number of rotatable bonds is 2. The second kappa shape index (κ2) is 5.41. The van der Waals surface area contributed by atoms with Crippen LogP contribution in [0, 0.1) is 5.92 Å². The van der Waals surface area contributed by atoms with Crippen molar-refractivity contribution >= 4 is 15.9 Å². The highest BCUT2D eigenvalue weighted by Crippen LogP contribution is 2.42. The lowest BCUT2D eigenvalue weighted by atomic mass is 9.71. The van der Waals surface area contributed by atoms with Gasteiger partial charge >= 0.3 is 0 Å².